The first-order valence-electron chi connectivity index (χ1n) is 19.2. The number of rotatable bonds is 16. The topological polar surface area (TPSA) is 345 Å². The highest BCUT2D eigenvalue weighted by molar-refractivity contribution is 7.95. The maximum Gasteiger partial charge on any atom is 0.320 e. The van der Waals surface area contributed by atoms with Gasteiger partial charge >= 0.3 is 6.01 Å². The van der Waals surface area contributed by atoms with E-state index in [-0.39, 0.29) is 101 Å². The number of aromatic hydroxyl groups is 1. The fourth-order valence-corrected chi connectivity index (χ4v) is 10.1. The molecule has 2 aliphatic rings. The number of nitrogens with one attached hydrogen (secondary N) is 4. The van der Waals surface area contributed by atoms with Crippen molar-refractivity contribution < 1.29 is 65.7 Å². The van der Waals surface area contributed by atoms with Gasteiger partial charge in [0.05, 0.1) is 84.8 Å². The number of aliphatic hydroxyl groups excluding tert-OH is 1. The maximum atomic E-state index is 14.8. The number of hydrogen-bond acceptors (Lipinski definition) is 23. The van der Waals surface area contributed by atoms with E-state index in [1.165, 1.54) is 53.1 Å². The van der Waals surface area contributed by atoms with E-state index in [1.54, 1.807) is 36.4 Å². The Morgan fingerprint density at radius 3 is 2.10 bits per heavy atom. The monoisotopic (exact) mass is 1000 g/mol. The van der Waals surface area contributed by atoms with Crippen LogP contribution in [0, 0.1) is 0 Å². The summed E-state index contributed by atoms with van der Waals surface area (Å²) >= 11 is 0.995. The molecule has 0 atom stereocenters. The largest absolute Gasteiger partial charge is 0.479 e. The van der Waals surface area contributed by atoms with Gasteiger partial charge in [0.25, 0.3) is 25.7 Å². The molecule has 9 N–H and O–H groups in total. The molecule has 348 valence electrons. The molecule has 0 fully saturated rings. The Morgan fingerprint density at radius 2 is 1.40 bits per heavy atom. The summed E-state index contributed by atoms with van der Waals surface area (Å²) in [5, 5.41) is 55.0. The van der Waals surface area contributed by atoms with Crippen LogP contribution in [0.2, 0.25) is 0 Å². The summed E-state index contributed by atoms with van der Waals surface area (Å²) in [6, 6.07) is 22.5. The molecule has 0 radical (unpaired) electrons. The van der Waals surface area contributed by atoms with Gasteiger partial charge in [-0.1, -0.05) is 46.5 Å². The first-order valence-corrected chi connectivity index (χ1v) is 23.6. The summed E-state index contributed by atoms with van der Waals surface area (Å²) < 4.78 is 73.5. The second-order valence-corrected chi connectivity index (χ2v) is 18.7. The number of amidine groups is 1. The SMILES string of the molecule is O=C1c2ccccc2-c2c(C3=Nc4ccccc4S(=O)(=O)N3)c(=O)n(CCO)c3ccc(Nc4cc(Nc5nc(O)nc(Nc6cc(S(=O)(=O)O)ccc6SOOO)n5)ccc4SOOO)c1c23. The molecule has 24 nitrogen and oxygen atoms in total. The molecule has 1 aliphatic heterocycles. The number of carbonyl (C=O) groups is 1. The van der Waals surface area contributed by atoms with Gasteiger partial charge in [0.15, 0.2) is 11.6 Å². The summed E-state index contributed by atoms with van der Waals surface area (Å²) in [6.45, 7) is -0.753. The number of pyridine rings is 1. The van der Waals surface area contributed by atoms with Crippen molar-refractivity contribution in [3.8, 4) is 17.1 Å². The molecule has 9 rings (SSSR count). The molecule has 0 saturated carbocycles. The molecular formula is C40H29N9O15S4. The minimum atomic E-state index is -4.70. The Balaban J connectivity index is 1.16. The third-order valence-electron chi connectivity index (χ3n) is 10.2. The van der Waals surface area contributed by atoms with E-state index in [0.717, 1.165) is 12.1 Å². The second kappa shape index (κ2) is 18.6. The van der Waals surface area contributed by atoms with Crippen molar-refractivity contribution in [2.45, 2.75) is 26.1 Å². The third-order valence-corrected chi connectivity index (χ3v) is 13.8. The van der Waals surface area contributed by atoms with Gasteiger partial charge in [-0.2, -0.15) is 23.4 Å². The fourth-order valence-electron chi connectivity index (χ4n) is 7.53. The average molecular weight is 1000 g/mol. The van der Waals surface area contributed by atoms with Crippen LogP contribution in [0.25, 0.3) is 22.0 Å². The molecular weight excluding hydrogens is 975 g/mol. The van der Waals surface area contributed by atoms with E-state index in [9.17, 15) is 41.2 Å². The van der Waals surface area contributed by atoms with Crippen molar-refractivity contribution in [3.05, 3.63) is 124 Å². The average Bonchev–Trinajstić information content (AvgIpc) is 3.30. The number of aliphatic hydroxyl groups is 1. The minimum Gasteiger partial charge on any atom is -0.479 e. The Bertz CT molecular complexity index is 3540. The number of aromatic nitrogens is 4. The van der Waals surface area contributed by atoms with Crippen LogP contribution in [-0.4, -0.2) is 79.9 Å². The molecule has 0 saturated heterocycles. The van der Waals surface area contributed by atoms with E-state index in [1.807, 2.05) is 0 Å². The molecule has 0 amide bonds. The van der Waals surface area contributed by atoms with Crippen LogP contribution < -0.4 is 26.2 Å². The zero-order valence-electron chi connectivity index (χ0n) is 33.8. The first-order chi connectivity index (χ1) is 32.7. The second-order valence-electron chi connectivity index (χ2n) is 14.2. The fraction of sp³-hybridized carbons (Fsp3) is 0.0500. The molecule has 2 aromatic heterocycles. The number of para-hydroxylation sites is 1. The van der Waals surface area contributed by atoms with Gasteiger partial charge in [-0.25, -0.2) is 23.9 Å². The van der Waals surface area contributed by atoms with Crippen LogP contribution in [0.15, 0.2) is 126 Å². The smallest absolute Gasteiger partial charge is 0.320 e. The molecule has 3 heterocycles. The van der Waals surface area contributed by atoms with Crippen molar-refractivity contribution in [1.82, 2.24) is 24.2 Å². The molecule has 1 aliphatic carbocycles. The van der Waals surface area contributed by atoms with Gasteiger partial charge in [0.1, 0.15) is 4.90 Å². The number of anilines is 6. The van der Waals surface area contributed by atoms with Crippen molar-refractivity contribution in [3.63, 3.8) is 0 Å². The van der Waals surface area contributed by atoms with Crippen LogP contribution in [-0.2, 0) is 45.4 Å². The van der Waals surface area contributed by atoms with Crippen molar-refractivity contribution in [1.29, 1.82) is 0 Å². The van der Waals surface area contributed by atoms with Crippen LogP contribution >= 0.6 is 24.1 Å². The van der Waals surface area contributed by atoms with Gasteiger partial charge < -0.3 is 30.7 Å². The van der Waals surface area contributed by atoms with Crippen LogP contribution in [0.1, 0.15) is 21.5 Å². The molecule has 0 unspecified atom stereocenters. The van der Waals surface area contributed by atoms with Gasteiger partial charge in [-0.3, -0.25) is 18.9 Å². The number of fused-ring (bicyclic) bond motifs is 3. The van der Waals surface area contributed by atoms with Gasteiger partial charge in [0, 0.05) is 28.7 Å². The predicted octanol–water partition coefficient (Wildman–Crippen LogP) is 5.80. The Morgan fingerprint density at radius 1 is 0.735 bits per heavy atom. The summed E-state index contributed by atoms with van der Waals surface area (Å²) in [6.07, 6.45) is 0. The molecule has 5 aromatic carbocycles. The quantitative estimate of drug-likeness (QED) is 0.0239. The number of nitrogens with zero attached hydrogens (tertiary/aromatic N) is 5. The molecule has 7 aromatic rings. The summed E-state index contributed by atoms with van der Waals surface area (Å²) in [5.41, 5.74) is 0.647. The van der Waals surface area contributed by atoms with E-state index < -0.39 is 49.0 Å². The van der Waals surface area contributed by atoms with Crippen molar-refractivity contribution >= 4 is 107 Å². The lowest BCUT2D eigenvalue weighted by Gasteiger charge is -2.28. The number of ketones is 1. The predicted molar refractivity (Wildman–Crippen MR) is 242 cm³/mol. The van der Waals surface area contributed by atoms with E-state index in [4.69, 9.17) is 14.8 Å². The highest BCUT2D eigenvalue weighted by Crippen LogP contribution is 2.46. The maximum absolute atomic E-state index is 14.8. The number of aliphatic imine (C=N–C) groups is 1. The van der Waals surface area contributed by atoms with E-state index in [2.05, 4.69) is 55.0 Å². The first kappa shape index (κ1) is 46.1. The lowest BCUT2D eigenvalue weighted by atomic mass is 9.81. The minimum absolute atomic E-state index is 0.0436. The molecule has 68 heavy (non-hydrogen) atoms. The molecule has 0 spiro atoms. The highest BCUT2D eigenvalue weighted by Gasteiger charge is 2.36. The van der Waals surface area contributed by atoms with Crippen molar-refractivity contribution in [2.75, 3.05) is 22.6 Å². The van der Waals surface area contributed by atoms with Crippen LogP contribution in [0.5, 0.6) is 6.01 Å². The van der Waals surface area contributed by atoms with Crippen LogP contribution in [0.3, 0.4) is 0 Å². The van der Waals surface area contributed by atoms with Crippen molar-refractivity contribution in [2.24, 2.45) is 4.99 Å². The Labute approximate surface area is 390 Å². The van der Waals surface area contributed by atoms with Gasteiger partial charge in [0.2, 0.25) is 11.9 Å². The van der Waals surface area contributed by atoms with Gasteiger partial charge in [-0.15, -0.1) is 8.67 Å². The van der Waals surface area contributed by atoms with E-state index >= 15 is 0 Å². The zero-order valence-corrected chi connectivity index (χ0v) is 37.1. The number of hydrogen-bond donors (Lipinski definition) is 9. The zero-order chi connectivity index (χ0) is 47.9. The number of carbonyl (C=O) groups excluding carboxylic acids is 1. The standard InChI is InChI=1S/C40H29N9O15S4/c50-16-15-49-27-12-11-24(32-33(27)31(21-5-1-2-6-22(21)35(32)51)34(37(49)52)36-43-23-7-3-4-8-30(23)67(56,57)48-36)42-25-17-19(9-13-28(25)65-63-61-54)41-38-45-39(47-40(53)46-38)44-26-18-20(68(58,59)60)10-14-29(26)66-64-62-55/h1-14,17-18,42,50,54-55H,15-16H2,(H,43,48)(H,58,59,60)(H3,41,44,45,46,47,53). The summed E-state index contributed by atoms with van der Waals surface area (Å²) in [4.78, 5) is 45.7. The van der Waals surface area contributed by atoms with Gasteiger partial charge in [-0.05, 0) is 66.2 Å². The Hall–Kier alpha value is -7.06. The highest BCUT2D eigenvalue weighted by atomic mass is 32.2. The Kier molecular flexibility index (Phi) is 12.6. The van der Waals surface area contributed by atoms with E-state index in [0.29, 0.717) is 29.6 Å². The lowest BCUT2D eigenvalue weighted by Crippen LogP contribution is -2.40. The third kappa shape index (κ3) is 8.80. The molecule has 0 bridgehead atoms. The summed E-state index contributed by atoms with van der Waals surface area (Å²) in [5.74, 6) is -1.41. The summed E-state index contributed by atoms with van der Waals surface area (Å²) in [7, 11) is -8.94. The lowest BCUT2D eigenvalue weighted by molar-refractivity contribution is -0.432. The van der Waals surface area contributed by atoms with Crippen LogP contribution in [0.4, 0.5) is 40.3 Å². The number of benzene rings is 5. The molecule has 28 heteroatoms. The number of sulfonamides is 1. The normalized spacial score (nSPS) is 13.6.